The zero-order valence-electron chi connectivity index (χ0n) is 12.8. The second-order valence-corrected chi connectivity index (χ2v) is 8.10. The average Bonchev–Trinajstić information content (AvgIpc) is 2.86. The van der Waals surface area contributed by atoms with Crippen molar-refractivity contribution in [3.8, 4) is 0 Å². The van der Waals surface area contributed by atoms with E-state index in [1.807, 2.05) is 0 Å². The summed E-state index contributed by atoms with van der Waals surface area (Å²) in [6.45, 7) is 0. The predicted octanol–water partition coefficient (Wildman–Crippen LogP) is 4.79. The third kappa shape index (κ3) is 3.98. The number of thioether (sulfide) groups is 1. The second-order valence-electron chi connectivity index (χ2n) is 5.10. The van der Waals surface area contributed by atoms with Gasteiger partial charge in [-0.15, -0.1) is 0 Å². The van der Waals surface area contributed by atoms with Gasteiger partial charge in [-0.05, 0) is 54.7 Å². The van der Waals surface area contributed by atoms with Gasteiger partial charge in [0.05, 0.1) is 9.93 Å². The van der Waals surface area contributed by atoms with Crippen molar-refractivity contribution in [3.63, 3.8) is 0 Å². The number of carbonyl (C=O) groups is 2. The van der Waals surface area contributed by atoms with Crippen molar-refractivity contribution >= 4 is 73.7 Å². The van der Waals surface area contributed by atoms with Crippen molar-refractivity contribution < 1.29 is 14.0 Å². The van der Waals surface area contributed by atoms with E-state index in [1.54, 1.807) is 24.3 Å². The molecular weight excluding hydrogens is 463 g/mol. The van der Waals surface area contributed by atoms with Gasteiger partial charge in [-0.25, -0.2) is 4.39 Å². The molecule has 1 aliphatic heterocycles. The molecule has 132 valence electrons. The molecule has 0 saturated carbocycles. The number of carbonyl (C=O) groups excluding carboxylic acids is 2. The smallest absolute Gasteiger partial charge is 0.267 e. The fourth-order valence-electron chi connectivity index (χ4n) is 2.11. The molecule has 1 aliphatic rings. The summed E-state index contributed by atoms with van der Waals surface area (Å²) in [5, 5.41) is 1.14. The number of hydrogen-bond donors (Lipinski definition) is 1. The Morgan fingerprint density at radius 1 is 1.27 bits per heavy atom. The summed E-state index contributed by atoms with van der Waals surface area (Å²) in [6, 6.07) is 10.9. The van der Waals surface area contributed by atoms with Crippen LogP contribution in [0.15, 0.2) is 51.8 Å². The maximum atomic E-state index is 13.9. The monoisotopic (exact) mass is 470 g/mol. The number of amides is 2. The summed E-state index contributed by atoms with van der Waals surface area (Å²) < 4.78 is 14.9. The highest BCUT2D eigenvalue weighted by Gasteiger charge is 2.34. The Hall–Kier alpha value is -1.74. The van der Waals surface area contributed by atoms with E-state index in [0.717, 1.165) is 21.2 Å². The van der Waals surface area contributed by atoms with Gasteiger partial charge < -0.3 is 0 Å². The SMILES string of the molecule is O=C(NN1C(=O)/C(=C\c2c(F)cccc2Cl)SC1=S)c1ccc(Br)cc1. The van der Waals surface area contributed by atoms with Crippen molar-refractivity contribution in [2.45, 2.75) is 0 Å². The summed E-state index contributed by atoms with van der Waals surface area (Å²) in [7, 11) is 0. The molecule has 26 heavy (non-hydrogen) atoms. The molecule has 1 heterocycles. The molecule has 4 nitrogen and oxygen atoms in total. The van der Waals surface area contributed by atoms with Crippen LogP contribution in [0.5, 0.6) is 0 Å². The molecular formula is C17H9BrClFN2O2S2. The number of thiocarbonyl (C=S) groups is 1. The van der Waals surface area contributed by atoms with Crippen LogP contribution in [0, 0.1) is 5.82 Å². The summed E-state index contributed by atoms with van der Waals surface area (Å²) in [5.74, 6) is -1.59. The van der Waals surface area contributed by atoms with Crippen molar-refractivity contribution in [2.24, 2.45) is 0 Å². The molecule has 0 aromatic heterocycles. The lowest BCUT2D eigenvalue weighted by atomic mass is 10.2. The molecule has 0 atom stereocenters. The molecule has 0 spiro atoms. The van der Waals surface area contributed by atoms with Crippen LogP contribution in [-0.2, 0) is 4.79 Å². The maximum absolute atomic E-state index is 13.9. The molecule has 2 aromatic rings. The summed E-state index contributed by atoms with van der Waals surface area (Å²) in [4.78, 5) is 25.0. The molecule has 1 saturated heterocycles. The van der Waals surface area contributed by atoms with Crippen LogP contribution in [0.4, 0.5) is 4.39 Å². The molecule has 0 bridgehead atoms. The Morgan fingerprint density at radius 3 is 2.62 bits per heavy atom. The molecule has 1 fully saturated rings. The Bertz CT molecular complexity index is 930. The molecule has 0 aliphatic carbocycles. The summed E-state index contributed by atoms with van der Waals surface area (Å²) in [6.07, 6.45) is 1.32. The molecule has 9 heteroatoms. The van der Waals surface area contributed by atoms with Crippen LogP contribution < -0.4 is 5.43 Å². The van der Waals surface area contributed by atoms with Crippen LogP contribution in [0.2, 0.25) is 5.02 Å². The first-order chi connectivity index (χ1) is 12.4. The third-order valence-corrected chi connectivity index (χ3v) is 5.55. The standard InChI is InChI=1S/C17H9BrClFN2O2S2/c18-10-6-4-9(5-7-10)15(23)21-22-16(24)14(26-17(22)25)8-11-12(19)2-1-3-13(11)20/h1-8H,(H,21,23)/b14-8+. The van der Waals surface area contributed by atoms with E-state index in [1.165, 1.54) is 24.3 Å². The number of hydrogen-bond acceptors (Lipinski definition) is 4. The summed E-state index contributed by atoms with van der Waals surface area (Å²) >= 11 is 15.4. The van der Waals surface area contributed by atoms with Gasteiger partial charge in [-0.3, -0.25) is 15.0 Å². The lowest BCUT2D eigenvalue weighted by Crippen LogP contribution is -2.44. The lowest BCUT2D eigenvalue weighted by Gasteiger charge is -2.15. The topological polar surface area (TPSA) is 49.4 Å². The van der Waals surface area contributed by atoms with Crippen molar-refractivity contribution in [1.82, 2.24) is 10.4 Å². The number of halogens is 3. The van der Waals surface area contributed by atoms with Gasteiger partial charge in [0.25, 0.3) is 11.8 Å². The van der Waals surface area contributed by atoms with Gasteiger partial charge in [-0.2, -0.15) is 5.01 Å². The second kappa shape index (κ2) is 7.87. The first-order valence-corrected chi connectivity index (χ1v) is 9.55. The van der Waals surface area contributed by atoms with Crippen molar-refractivity contribution in [3.05, 3.63) is 73.8 Å². The predicted molar refractivity (Wildman–Crippen MR) is 108 cm³/mol. The van der Waals surface area contributed by atoms with Crippen LogP contribution in [0.3, 0.4) is 0 Å². The average molecular weight is 472 g/mol. The minimum atomic E-state index is -0.554. The van der Waals surface area contributed by atoms with E-state index >= 15 is 0 Å². The minimum Gasteiger partial charge on any atom is -0.267 e. The van der Waals surface area contributed by atoms with Crippen LogP contribution in [-0.4, -0.2) is 21.1 Å². The molecule has 2 amide bonds. The number of rotatable bonds is 3. The van der Waals surface area contributed by atoms with Gasteiger partial charge in [0.15, 0.2) is 4.32 Å². The first-order valence-electron chi connectivity index (χ1n) is 7.15. The first kappa shape index (κ1) is 19.0. The molecule has 3 rings (SSSR count). The van der Waals surface area contributed by atoms with Crippen LogP contribution >= 0.6 is 51.5 Å². The fraction of sp³-hybridized carbons (Fsp3) is 0. The Morgan fingerprint density at radius 2 is 1.96 bits per heavy atom. The quantitative estimate of drug-likeness (QED) is 0.517. The van der Waals surface area contributed by atoms with Crippen molar-refractivity contribution in [1.29, 1.82) is 0 Å². The molecule has 2 aromatic carbocycles. The van der Waals surface area contributed by atoms with Crippen LogP contribution in [0.1, 0.15) is 15.9 Å². The number of hydrazine groups is 1. The largest absolute Gasteiger partial charge is 0.285 e. The van der Waals surface area contributed by atoms with E-state index in [-0.39, 0.29) is 19.8 Å². The molecule has 0 radical (unpaired) electrons. The number of nitrogens with one attached hydrogen (secondary N) is 1. The van der Waals surface area contributed by atoms with Gasteiger partial charge in [0.1, 0.15) is 5.82 Å². The lowest BCUT2D eigenvalue weighted by molar-refractivity contribution is -0.123. The van der Waals surface area contributed by atoms with Gasteiger partial charge >= 0.3 is 0 Å². The van der Waals surface area contributed by atoms with E-state index in [9.17, 15) is 14.0 Å². The van der Waals surface area contributed by atoms with Crippen molar-refractivity contribution in [2.75, 3.05) is 0 Å². The highest BCUT2D eigenvalue weighted by Crippen LogP contribution is 2.33. The molecule has 1 N–H and O–H groups in total. The van der Waals surface area contributed by atoms with Gasteiger partial charge in [0.2, 0.25) is 0 Å². The normalized spacial score (nSPS) is 15.7. The van der Waals surface area contributed by atoms with Crippen LogP contribution in [0.25, 0.3) is 6.08 Å². The maximum Gasteiger partial charge on any atom is 0.285 e. The zero-order chi connectivity index (χ0) is 18.8. The number of benzene rings is 2. The zero-order valence-corrected chi connectivity index (χ0v) is 16.8. The minimum absolute atomic E-state index is 0.0916. The Kier molecular flexibility index (Phi) is 5.76. The molecule has 0 unspecified atom stereocenters. The van der Waals surface area contributed by atoms with Gasteiger partial charge in [-0.1, -0.05) is 45.4 Å². The van der Waals surface area contributed by atoms with Gasteiger partial charge in [0, 0.05) is 15.6 Å². The Labute approximate surface area is 171 Å². The fourth-order valence-corrected chi connectivity index (χ4v) is 3.75. The van der Waals surface area contributed by atoms with E-state index in [0.29, 0.717) is 5.56 Å². The van der Waals surface area contributed by atoms with E-state index in [2.05, 4.69) is 21.4 Å². The highest BCUT2D eigenvalue weighted by atomic mass is 79.9. The van der Waals surface area contributed by atoms with E-state index < -0.39 is 17.6 Å². The summed E-state index contributed by atoms with van der Waals surface area (Å²) in [5.41, 5.74) is 2.91. The van der Waals surface area contributed by atoms with E-state index in [4.69, 9.17) is 23.8 Å². The number of nitrogens with zero attached hydrogens (tertiary/aromatic N) is 1. The third-order valence-electron chi connectivity index (χ3n) is 3.39. The highest BCUT2D eigenvalue weighted by molar-refractivity contribution is 9.10. The Balaban J connectivity index is 1.82.